The largest absolute Gasteiger partial charge is 1.00 e. The number of halogens is 1. The second-order valence-electron chi connectivity index (χ2n) is 1.55. The molecule has 0 saturated heterocycles. The maximum Gasteiger partial charge on any atom is 0 e. The van der Waals surface area contributed by atoms with E-state index in [2.05, 4.69) is 6.07 Å². The van der Waals surface area contributed by atoms with Crippen LogP contribution in [0.3, 0.4) is 0 Å². The number of hydrogen-bond acceptors (Lipinski definition) is 0. The molecular formula is C7H7ClMn-. The van der Waals surface area contributed by atoms with Gasteiger partial charge in [-0.2, -0.15) is 0 Å². The van der Waals surface area contributed by atoms with Crippen molar-refractivity contribution in [2.75, 3.05) is 0 Å². The van der Waals surface area contributed by atoms with Crippen LogP contribution in [0.4, 0.5) is 0 Å². The summed E-state index contributed by atoms with van der Waals surface area (Å²) in [6.45, 7) is 2.03. The predicted molar refractivity (Wildman–Crippen MR) is 30.0 cm³/mol. The molecule has 0 fully saturated rings. The van der Waals surface area contributed by atoms with E-state index in [1.165, 1.54) is 5.56 Å². The quantitative estimate of drug-likeness (QED) is 0.441. The molecule has 0 amide bonds. The SMILES string of the molecule is Cc1[c]cccc1.[Cl-].[Mn]. The first-order valence-corrected chi connectivity index (χ1v) is 2.33. The smallest absolute Gasteiger partial charge is 0 e. The normalized spacial score (nSPS) is 6.78. The maximum atomic E-state index is 3.03. The maximum absolute atomic E-state index is 3.03. The van der Waals surface area contributed by atoms with Crippen molar-refractivity contribution >= 4 is 0 Å². The van der Waals surface area contributed by atoms with Crippen LogP contribution >= 0.6 is 0 Å². The van der Waals surface area contributed by atoms with Crippen molar-refractivity contribution < 1.29 is 29.5 Å². The Bertz CT molecular complexity index is 139. The van der Waals surface area contributed by atoms with E-state index >= 15 is 0 Å². The van der Waals surface area contributed by atoms with Crippen molar-refractivity contribution in [1.29, 1.82) is 0 Å². The number of rotatable bonds is 0. The minimum atomic E-state index is 0. The summed E-state index contributed by atoms with van der Waals surface area (Å²) in [6, 6.07) is 10.9. The third kappa shape index (κ3) is 4.53. The molecule has 0 nitrogen and oxygen atoms in total. The van der Waals surface area contributed by atoms with Gasteiger partial charge in [-0.15, -0.1) is 0 Å². The fourth-order valence-corrected chi connectivity index (χ4v) is 0.483. The molecule has 9 heavy (non-hydrogen) atoms. The van der Waals surface area contributed by atoms with Gasteiger partial charge >= 0.3 is 0 Å². The fourth-order valence-electron chi connectivity index (χ4n) is 0.483. The molecule has 0 aliphatic heterocycles. The van der Waals surface area contributed by atoms with Gasteiger partial charge in [-0.25, -0.2) is 0 Å². The van der Waals surface area contributed by atoms with Gasteiger partial charge in [0.2, 0.25) is 0 Å². The topological polar surface area (TPSA) is 0 Å². The zero-order valence-electron chi connectivity index (χ0n) is 5.07. The molecule has 0 atom stereocenters. The molecule has 0 N–H and O–H groups in total. The average molecular weight is 182 g/mol. The molecule has 1 rings (SSSR count). The molecule has 0 aromatic heterocycles. The van der Waals surface area contributed by atoms with E-state index in [4.69, 9.17) is 0 Å². The van der Waals surface area contributed by atoms with Gasteiger partial charge in [0.1, 0.15) is 0 Å². The summed E-state index contributed by atoms with van der Waals surface area (Å²) in [7, 11) is 0. The molecule has 0 spiro atoms. The minimum Gasteiger partial charge on any atom is -1.00 e. The Kier molecular flexibility index (Phi) is 8.06. The Morgan fingerprint density at radius 3 is 2.22 bits per heavy atom. The van der Waals surface area contributed by atoms with Crippen LogP contribution in [0.1, 0.15) is 5.56 Å². The molecule has 0 unspecified atom stereocenters. The third-order valence-corrected chi connectivity index (χ3v) is 0.865. The molecule has 2 heteroatoms. The van der Waals surface area contributed by atoms with Crippen molar-refractivity contribution in [2.45, 2.75) is 6.92 Å². The number of benzene rings is 1. The molecule has 2 radical (unpaired) electrons. The summed E-state index contributed by atoms with van der Waals surface area (Å²) in [5.41, 5.74) is 1.20. The van der Waals surface area contributed by atoms with E-state index in [1.54, 1.807) is 0 Å². The molecule has 0 aliphatic carbocycles. The van der Waals surface area contributed by atoms with Crippen LogP contribution in [0.5, 0.6) is 0 Å². The van der Waals surface area contributed by atoms with Gasteiger partial charge in [0.15, 0.2) is 0 Å². The van der Waals surface area contributed by atoms with E-state index < -0.39 is 0 Å². The molecule has 0 aliphatic rings. The zero-order valence-corrected chi connectivity index (χ0v) is 7.00. The predicted octanol–water partition coefficient (Wildman–Crippen LogP) is -1.20. The Labute approximate surface area is 72.5 Å². The molecule has 50 valence electrons. The molecule has 0 heterocycles. The Morgan fingerprint density at radius 2 is 2.00 bits per heavy atom. The molecule has 0 saturated carbocycles. The van der Waals surface area contributed by atoms with Gasteiger partial charge in [-0.1, -0.05) is 24.3 Å². The van der Waals surface area contributed by atoms with Gasteiger partial charge in [-0.05, 0) is 18.6 Å². The van der Waals surface area contributed by atoms with Crippen molar-refractivity contribution in [3.8, 4) is 0 Å². The Balaban J connectivity index is 0. The van der Waals surface area contributed by atoms with Gasteiger partial charge in [0, 0.05) is 17.1 Å². The third-order valence-electron chi connectivity index (χ3n) is 0.865. The zero-order chi connectivity index (χ0) is 5.11. The second-order valence-corrected chi connectivity index (χ2v) is 1.55. The van der Waals surface area contributed by atoms with Crippen LogP contribution in [0.25, 0.3) is 0 Å². The number of hydrogen-bond donors (Lipinski definition) is 0. The van der Waals surface area contributed by atoms with Crippen molar-refractivity contribution in [3.05, 3.63) is 35.9 Å². The summed E-state index contributed by atoms with van der Waals surface area (Å²) in [4.78, 5) is 0. The molecular weight excluding hydrogens is 174 g/mol. The van der Waals surface area contributed by atoms with Crippen LogP contribution in [-0.2, 0) is 17.1 Å². The summed E-state index contributed by atoms with van der Waals surface area (Å²) < 4.78 is 0. The van der Waals surface area contributed by atoms with E-state index in [0.717, 1.165) is 0 Å². The van der Waals surface area contributed by atoms with Crippen LogP contribution in [0.2, 0.25) is 0 Å². The van der Waals surface area contributed by atoms with E-state index in [0.29, 0.717) is 0 Å². The van der Waals surface area contributed by atoms with Crippen molar-refractivity contribution in [1.82, 2.24) is 0 Å². The monoisotopic (exact) mass is 181 g/mol. The Hall–Kier alpha value is 0.0295. The summed E-state index contributed by atoms with van der Waals surface area (Å²) in [5, 5.41) is 0. The minimum absolute atomic E-state index is 0. The van der Waals surface area contributed by atoms with Crippen LogP contribution in [0, 0.1) is 13.0 Å². The second kappa shape index (κ2) is 6.15. The van der Waals surface area contributed by atoms with E-state index in [9.17, 15) is 0 Å². The summed E-state index contributed by atoms with van der Waals surface area (Å²) >= 11 is 0. The molecule has 1 aromatic carbocycles. The fraction of sp³-hybridized carbons (Fsp3) is 0.143. The van der Waals surface area contributed by atoms with Crippen LogP contribution in [0.15, 0.2) is 24.3 Å². The van der Waals surface area contributed by atoms with Crippen LogP contribution < -0.4 is 12.4 Å². The van der Waals surface area contributed by atoms with E-state index in [1.807, 2.05) is 31.2 Å². The standard InChI is InChI=1S/C7H7.ClH.Mn/c1-7-5-3-2-4-6-7;;/h2-5H,1H3;1H;/p-1. The van der Waals surface area contributed by atoms with Gasteiger partial charge in [0.05, 0.1) is 0 Å². The van der Waals surface area contributed by atoms with E-state index in [-0.39, 0.29) is 29.5 Å². The van der Waals surface area contributed by atoms with Crippen molar-refractivity contribution in [2.24, 2.45) is 0 Å². The number of aryl methyl sites for hydroxylation is 1. The molecule has 0 bridgehead atoms. The summed E-state index contributed by atoms with van der Waals surface area (Å²) in [6.07, 6.45) is 0. The summed E-state index contributed by atoms with van der Waals surface area (Å²) in [5.74, 6) is 0. The first kappa shape index (κ1) is 11.8. The Morgan fingerprint density at radius 1 is 1.33 bits per heavy atom. The van der Waals surface area contributed by atoms with Crippen LogP contribution in [-0.4, -0.2) is 0 Å². The first-order valence-electron chi connectivity index (χ1n) is 2.33. The van der Waals surface area contributed by atoms with Gasteiger partial charge in [0.25, 0.3) is 0 Å². The van der Waals surface area contributed by atoms with Gasteiger partial charge in [-0.3, -0.25) is 0 Å². The molecule has 1 aromatic rings. The average Bonchev–Trinajstić information content (AvgIpc) is 1.69. The van der Waals surface area contributed by atoms with Crippen molar-refractivity contribution in [3.63, 3.8) is 0 Å². The van der Waals surface area contributed by atoms with Gasteiger partial charge < -0.3 is 12.4 Å². The first-order chi connectivity index (χ1) is 3.39.